The molecule has 1 unspecified atom stereocenters. The molecule has 0 bridgehead atoms. The largest absolute Gasteiger partial charge is 0.299 e. The number of benzene rings is 1. The molecule has 84 valence electrons. The van der Waals surface area contributed by atoms with Crippen molar-refractivity contribution in [3.63, 3.8) is 0 Å². The van der Waals surface area contributed by atoms with Gasteiger partial charge in [0.05, 0.1) is 0 Å². The number of hydrogen-bond donors (Lipinski definition) is 0. The maximum Gasteiger partial charge on any atom is 0.144 e. The van der Waals surface area contributed by atoms with Crippen molar-refractivity contribution in [1.29, 1.82) is 0 Å². The molecule has 0 aromatic heterocycles. The maximum atomic E-state index is 12.1. The number of carbonyl (C=O) groups excluding carboxylic acids is 1. The highest BCUT2D eigenvalue weighted by atomic mass is 16.1. The molecular formula is C15H18O. The molecule has 1 aromatic carbocycles. The molecule has 1 aliphatic carbocycles. The molecule has 1 nitrogen and oxygen atoms in total. The lowest BCUT2D eigenvalue weighted by atomic mass is 9.79. The minimum Gasteiger partial charge on any atom is -0.299 e. The van der Waals surface area contributed by atoms with Crippen molar-refractivity contribution in [1.82, 2.24) is 0 Å². The number of aryl methyl sites for hydroxylation is 1. The summed E-state index contributed by atoms with van der Waals surface area (Å²) < 4.78 is 0. The fraction of sp³-hybridized carbons (Fsp3) is 0.400. The lowest BCUT2D eigenvalue weighted by Gasteiger charge is -2.24. The van der Waals surface area contributed by atoms with Gasteiger partial charge in [0.2, 0.25) is 0 Å². The van der Waals surface area contributed by atoms with Gasteiger partial charge >= 0.3 is 0 Å². The Kier molecular flexibility index (Phi) is 3.23. The Bertz CT molecular complexity index is 417. The van der Waals surface area contributed by atoms with Gasteiger partial charge in [-0.25, -0.2) is 0 Å². The monoisotopic (exact) mass is 214 g/mol. The van der Waals surface area contributed by atoms with Crippen molar-refractivity contribution in [2.75, 3.05) is 0 Å². The van der Waals surface area contributed by atoms with Crippen LogP contribution in [-0.2, 0) is 11.2 Å². The molecule has 16 heavy (non-hydrogen) atoms. The fourth-order valence-electron chi connectivity index (χ4n) is 2.51. The number of fused-ring (bicyclic) bond motifs is 1. The van der Waals surface area contributed by atoms with Gasteiger partial charge in [-0.3, -0.25) is 4.79 Å². The Labute approximate surface area is 97.2 Å². The van der Waals surface area contributed by atoms with E-state index in [0.29, 0.717) is 12.2 Å². The van der Waals surface area contributed by atoms with Gasteiger partial charge in [-0.15, -0.1) is 0 Å². The summed E-state index contributed by atoms with van der Waals surface area (Å²) in [6, 6.07) is 8.35. The van der Waals surface area contributed by atoms with Crippen LogP contribution in [0.4, 0.5) is 0 Å². The first-order chi connectivity index (χ1) is 7.68. The molecule has 0 spiro atoms. The lowest BCUT2D eigenvalue weighted by molar-refractivity contribution is -0.120. The summed E-state index contributed by atoms with van der Waals surface area (Å²) in [4.78, 5) is 12.1. The predicted octanol–water partition coefficient (Wildman–Crippen LogP) is 3.64. The van der Waals surface area contributed by atoms with E-state index in [0.717, 1.165) is 24.8 Å². The van der Waals surface area contributed by atoms with Gasteiger partial charge in [0.25, 0.3) is 0 Å². The average Bonchev–Trinajstić information content (AvgIpc) is 2.27. The average molecular weight is 214 g/mol. The molecule has 0 amide bonds. The van der Waals surface area contributed by atoms with Crippen LogP contribution in [-0.4, -0.2) is 5.78 Å². The number of ketones is 1. The number of carbonyl (C=O) groups is 1. The second kappa shape index (κ2) is 4.65. The van der Waals surface area contributed by atoms with E-state index in [2.05, 4.69) is 24.8 Å². The van der Waals surface area contributed by atoms with Gasteiger partial charge in [0.1, 0.15) is 5.78 Å². The Balaban J connectivity index is 2.24. The Hall–Kier alpha value is -1.37. The first-order valence-corrected chi connectivity index (χ1v) is 5.93. The van der Waals surface area contributed by atoms with Crippen LogP contribution in [0.3, 0.4) is 0 Å². The van der Waals surface area contributed by atoms with Crippen LogP contribution in [0.2, 0.25) is 0 Å². The molecule has 1 atom stereocenters. The molecular weight excluding hydrogens is 196 g/mol. The second-order valence-electron chi connectivity index (χ2n) is 4.74. The van der Waals surface area contributed by atoms with Crippen molar-refractivity contribution < 1.29 is 4.79 Å². The van der Waals surface area contributed by atoms with Gasteiger partial charge in [0.15, 0.2) is 0 Å². The number of rotatable bonds is 3. The minimum atomic E-state index is 0.113. The van der Waals surface area contributed by atoms with Crippen molar-refractivity contribution in [3.05, 3.63) is 47.5 Å². The molecule has 0 aliphatic heterocycles. The zero-order valence-corrected chi connectivity index (χ0v) is 9.83. The normalized spacial score (nSPS) is 18.9. The van der Waals surface area contributed by atoms with E-state index in [4.69, 9.17) is 0 Å². The molecule has 2 rings (SSSR count). The van der Waals surface area contributed by atoms with E-state index in [1.54, 1.807) is 0 Å². The third-order valence-electron chi connectivity index (χ3n) is 3.23. The molecule has 0 heterocycles. The highest BCUT2D eigenvalue weighted by Crippen LogP contribution is 2.33. The number of Topliss-reactive ketones (excluding diaryl/α,β-unsaturated/α-hetero) is 1. The van der Waals surface area contributed by atoms with E-state index < -0.39 is 0 Å². The maximum absolute atomic E-state index is 12.1. The summed E-state index contributed by atoms with van der Waals surface area (Å²) in [6.45, 7) is 5.75. The van der Waals surface area contributed by atoms with Gasteiger partial charge in [-0.05, 0) is 37.3 Å². The third kappa shape index (κ3) is 2.24. The highest BCUT2D eigenvalue weighted by Gasteiger charge is 2.25. The summed E-state index contributed by atoms with van der Waals surface area (Å²) in [5, 5.41) is 0. The SMILES string of the molecule is C=C(C)CC(=O)C1CCCc2ccccc21. The minimum absolute atomic E-state index is 0.113. The van der Waals surface area contributed by atoms with Gasteiger partial charge < -0.3 is 0 Å². The van der Waals surface area contributed by atoms with Gasteiger partial charge in [-0.2, -0.15) is 0 Å². The first kappa shape index (κ1) is 11.1. The van der Waals surface area contributed by atoms with E-state index in [1.165, 1.54) is 11.1 Å². The van der Waals surface area contributed by atoms with Crippen LogP contribution in [0.15, 0.2) is 36.4 Å². The molecule has 0 saturated carbocycles. The third-order valence-corrected chi connectivity index (χ3v) is 3.23. The van der Waals surface area contributed by atoms with E-state index in [1.807, 2.05) is 13.0 Å². The summed E-state index contributed by atoms with van der Waals surface area (Å²) in [5.41, 5.74) is 3.57. The predicted molar refractivity (Wildman–Crippen MR) is 66.6 cm³/mol. The topological polar surface area (TPSA) is 17.1 Å². The molecule has 1 heteroatoms. The first-order valence-electron chi connectivity index (χ1n) is 5.93. The van der Waals surface area contributed by atoms with Crippen molar-refractivity contribution in [3.8, 4) is 0 Å². The standard InChI is InChI=1S/C15H18O/c1-11(2)10-15(16)14-9-5-7-12-6-3-4-8-13(12)14/h3-4,6,8,14H,1,5,7,9-10H2,2H3. The Morgan fingerprint density at radius 2 is 2.19 bits per heavy atom. The van der Waals surface area contributed by atoms with Crippen LogP contribution in [0, 0.1) is 0 Å². The fourth-order valence-corrected chi connectivity index (χ4v) is 2.51. The van der Waals surface area contributed by atoms with E-state index in [9.17, 15) is 4.79 Å². The summed E-state index contributed by atoms with van der Waals surface area (Å²) in [7, 11) is 0. The molecule has 0 saturated heterocycles. The zero-order chi connectivity index (χ0) is 11.5. The van der Waals surface area contributed by atoms with Crippen molar-refractivity contribution >= 4 is 5.78 Å². The molecule has 0 N–H and O–H groups in total. The van der Waals surface area contributed by atoms with Crippen LogP contribution in [0.25, 0.3) is 0 Å². The molecule has 1 aliphatic rings. The molecule has 0 radical (unpaired) electrons. The van der Waals surface area contributed by atoms with Gasteiger partial charge in [-0.1, -0.05) is 36.4 Å². The lowest BCUT2D eigenvalue weighted by Crippen LogP contribution is -2.18. The highest BCUT2D eigenvalue weighted by molar-refractivity contribution is 5.88. The summed E-state index contributed by atoms with van der Waals surface area (Å²) in [5.74, 6) is 0.446. The quantitative estimate of drug-likeness (QED) is 0.702. The van der Waals surface area contributed by atoms with Crippen LogP contribution >= 0.6 is 0 Å². The Morgan fingerprint density at radius 1 is 1.44 bits per heavy atom. The molecule has 0 fully saturated rings. The summed E-state index contributed by atoms with van der Waals surface area (Å²) in [6.07, 6.45) is 3.78. The van der Waals surface area contributed by atoms with Crippen LogP contribution in [0.1, 0.15) is 43.2 Å². The van der Waals surface area contributed by atoms with E-state index in [-0.39, 0.29) is 5.92 Å². The van der Waals surface area contributed by atoms with Crippen molar-refractivity contribution in [2.24, 2.45) is 0 Å². The Morgan fingerprint density at radius 3 is 2.94 bits per heavy atom. The van der Waals surface area contributed by atoms with Gasteiger partial charge in [0, 0.05) is 12.3 Å². The van der Waals surface area contributed by atoms with Crippen molar-refractivity contribution in [2.45, 2.75) is 38.5 Å². The zero-order valence-electron chi connectivity index (χ0n) is 9.83. The summed E-state index contributed by atoms with van der Waals surface area (Å²) >= 11 is 0. The molecule has 1 aromatic rings. The number of allylic oxidation sites excluding steroid dienone is 1. The van der Waals surface area contributed by atoms with E-state index >= 15 is 0 Å². The smallest absolute Gasteiger partial charge is 0.144 e. The van der Waals surface area contributed by atoms with Crippen LogP contribution in [0.5, 0.6) is 0 Å². The number of hydrogen-bond acceptors (Lipinski definition) is 1. The van der Waals surface area contributed by atoms with Crippen LogP contribution < -0.4 is 0 Å². The second-order valence-corrected chi connectivity index (χ2v) is 4.74.